The van der Waals surface area contributed by atoms with Crippen molar-refractivity contribution in [3.05, 3.63) is 11.3 Å². The van der Waals surface area contributed by atoms with Crippen LogP contribution in [0.2, 0.25) is 0 Å². The van der Waals surface area contributed by atoms with E-state index in [0.29, 0.717) is 5.57 Å². The van der Waals surface area contributed by atoms with Crippen LogP contribution in [0.5, 0.6) is 0 Å². The molecule has 0 fully saturated rings. The van der Waals surface area contributed by atoms with Gasteiger partial charge < -0.3 is 11.1 Å². The van der Waals surface area contributed by atoms with Gasteiger partial charge in [0.2, 0.25) is 5.91 Å². The number of allylic oxidation sites excluding steroid dienone is 1. The number of primary amides is 1. The Bertz CT molecular complexity index is 185. The summed E-state index contributed by atoms with van der Waals surface area (Å²) < 4.78 is 0. The SMILES string of the molecule is CCCC/C(NC)=C(/C)C(N)=O. The van der Waals surface area contributed by atoms with Crippen molar-refractivity contribution in [1.82, 2.24) is 5.32 Å². The predicted octanol–water partition coefficient (Wildman–Crippen LogP) is 1.16. The number of carbonyl (C=O) groups is 1. The van der Waals surface area contributed by atoms with Crippen molar-refractivity contribution in [3.8, 4) is 0 Å². The molecule has 0 aliphatic carbocycles. The van der Waals surface area contributed by atoms with Crippen LogP contribution in [0, 0.1) is 0 Å². The molecule has 0 atom stereocenters. The maximum atomic E-state index is 10.8. The van der Waals surface area contributed by atoms with E-state index in [2.05, 4.69) is 12.2 Å². The molecule has 0 aromatic heterocycles. The third-order valence-corrected chi connectivity index (χ3v) is 1.90. The monoisotopic (exact) mass is 170 g/mol. The molecule has 3 nitrogen and oxygen atoms in total. The number of carbonyl (C=O) groups excluding carboxylic acids is 1. The van der Waals surface area contributed by atoms with Crippen LogP contribution in [-0.4, -0.2) is 13.0 Å². The van der Waals surface area contributed by atoms with Gasteiger partial charge in [0.15, 0.2) is 0 Å². The van der Waals surface area contributed by atoms with Crippen molar-refractivity contribution in [2.45, 2.75) is 33.1 Å². The number of rotatable bonds is 5. The summed E-state index contributed by atoms with van der Waals surface area (Å²) in [7, 11) is 1.82. The Morgan fingerprint density at radius 1 is 1.50 bits per heavy atom. The second kappa shape index (κ2) is 5.63. The van der Waals surface area contributed by atoms with Gasteiger partial charge in [-0.3, -0.25) is 4.79 Å². The predicted molar refractivity (Wildman–Crippen MR) is 50.5 cm³/mol. The molecule has 0 radical (unpaired) electrons. The van der Waals surface area contributed by atoms with E-state index in [1.807, 2.05) is 7.05 Å². The highest BCUT2D eigenvalue weighted by molar-refractivity contribution is 5.91. The topological polar surface area (TPSA) is 55.1 Å². The van der Waals surface area contributed by atoms with E-state index < -0.39 is 0 Å². The minimum atomic E-state index is -0.338. The summed E-state index contributed by atoms with van der Waals surface area (Å²) in [6, 6.07) is 0. The lowest BCUT2D eigenvalue weighted by molar-refractivity contribution is -0.114. The van der Waals surface area contributed by atoms with Gasteiger partial charge in [-0.1, -0.05) is 13.3 Å². The first-order valence-corrected chi connectivity index (χ1v) is 4.30. The van der Waals surface area contributed by atoms with Crippen molar-refractivity contribution in [1.29, 1.82) is 0 Å². The average Bonchev–Trinajstić information content (AvgIpc) is 2.05. The standard InChI is InChI=1S/C9H18N2O/c1-4-5-6-8(11-3)7(2)9(10)12/h11H,4-6H2,1-3H3,(H2,10,12)/b8-7+. The van der Waals surface area contributed by atoms with Crippen LogP contribution in [0.1, 0.15) is 33.1 Å². The van der Waals surface area contributed by atoms with Crippen molar-refractivity contribution >= 4 is 5.91 Å². The third kappa shape index (κ3) is 3.42. The Balaban J connectivity index is 4.28. The number of amides is 1. The minimum Gasteiger partial charge on any atom is -0.391 e. The number of unbranched alkanes of at least 4 members (excludes halogenated alkanes) is 1. The smallest absolute Gasteiger partial charge is 0.246 e. The van der Waals surface area contributed by atoms with Crippen LogP contribution in [0.15, 0.2) is 11.3 Å². The fourth-order valence-corrected chi connectivity index (χ4v) is 1.00. The van der Waals surface area contributed by atoms with E-state index in [-0.39, 0.29) is 5.91 Å². The molecule has 3 heteroatoms. The van der Waals surface area contributed by atoms with Crippen LogP contribution >= 0.6 is 0 Å². The quantitative estimate of drug-likeness (QED) is 0.608. The zero-order valence-corrected chi connectivity index (χ0v) is 8.11. The third-order valence-electron chi connectivity index (χ3n) is 1.90. The molecule has 0 aliphatic heterocycles. The average molecular weight is 170 g/mol. The summed E-state index contributed by atoms with van der Waals surface area (Å²) in [6.45, 7) is 3.87. The van der Waals surface area contributed by atoms with Gasteiger partial charge in [-0.25, -0.2) is 0 Å². The fourth-order valence-electron chi connectivity index (χ4n) is 1.00. The Kier molecular flexibility index (Phi) is 5.17. The lowest BCUT2D eigenvalue weighted by Gasteiger charge is -2.08. The molecule has 0 aromatic carbocycles. The number of nitrogens with two attached hydrogens (primary N) is 1. The van der Waals surface area contributed by atoms with Crippen molar-refractivity contribution < 1.29 is 4.79 Å². The van der Waals surface area contributed by atoms with Gasteiger partial charge in [0.1, 0.15) is 0 Å². The Hall–Kier alpha value is -0.990. The molecule has 0 aromatic rings. The molecule has 1 amide bonds. The molecule has 0 saturated heterocycles. The fraction of sp³-hybridized carbons (Fsp3) is 0.667. The van der Waals surface area contributed by atoms with Crippen molar-refractivity contribution in [3.63, 3.8) is 0 Å². The highest BCUT2D eigenvalue weighted by Crippen LogP contribution is 2.08. The molecule has 0 unspecified atom stereocenters. The summed E-state index contributed by atoms with van der Waals surface area (Å²) in [4.78, 5) is 10.8. The molecule has 0 aliphatic rings. The van der Waals surface area contributed by atoms with Gasteiger partial charge in [-0.15, -0.1) is 0 Å². The van der Waals surface area contributed by atoms with E-state index in [1.54, 1.807) is 6.92 Å². The maximum Gasteiger partial charge on any atom is 0.246 e. The van der Waals surface area contributed by atoms with Crippen LogP contribution in [-0.2, 0) is 4.79 Å². The number of nitrogens with one attached hydrogen (secondary N) is 1. The Morgan fingerprint density at radius 3 is 2.42 bits per heavy atom. The van der Waals surface area contributed by atoms with Gasteiger partial charge in [-0.05, 0) is 19.8 Å². The Morgan fingerprint density at radius 2 is 2.08 bits per heavy atom. The first-order valence-electron chi connectivity index (χ1n) is 4.30. The molecular formula is C9H18N2O. The summed E-state index contributed by atoms with van der Waals surface area (Å²) in [5, 5.41) is 3.00. The summed E-state index contributed by atoms with van der Waals surface area (Å²) in [5.74, 6) is -0.338. The van der Waals surface area contributed by atoms with E-state index in [1.165, 1.54) is 0 Å². The van der Waals surface area contributed by atoms with Crippen LogP contribution < -0.4 is 11.1 Å². The molecule has 70 valence electrons. The molecule has 0 rings (SSSR count). The molecule has 3 N–H and O–H groups in total. The zero-order chi connectivity index (χ0) is 9.56. The second-order valence-corrected chi connectivity index (χ2v) is 2.82. The maximum absolute atomic E-state index is 10.8. The van der Waals surface area contributed by atoms with Gasteiger partial charge >= 0.3 is 0 Å². The molecule has 0 heterocycles. The van der Waals surface area contributed by atoms with Gasteiger partial charge in [0.25, 0.3) is 0 Å². The number of hydrogen-bond donors (Lipinski definition) is 2. The summed E-state index contributed by atoms with van der Waals surface area (Å²) in [6.07, 6.45) is 3.11. The van der Waals surface area contributed by atoms with Crippen molar-refractivity contribution in [2.24, 2.45) is 5.73 Å². The molecule has 0 saturated carbocycles. The first-order chi connectivity index (χ1) is 5.63. The normalized spacial score (nSPS) is 12.2. The van der Waals surface area contributed by atoms with Crippen LogP contribution in [0.25, 0.3) is 0 Å². The molecule has 0 spiro atoms. The largest absolute Gasteiger partial charge is 0.391 e. The lowest BCUT2D eigenvalue weighted by Crippen LogP contribution is -2.18. The summed E-state index contributed by atoms with van der Waals surface area (Å²) >= 11 is 0. The van der Waals surface area contributed by atoms with Crippen molar-refractivity contribution in [2.75, 3.05) is 7.05 Å². The van der Waals surface area contributed by atoms with E-state index in [9.17, 15) is 4.79 Å². The zero-order valence-electron chi connectivity index (χ0n) is 8.11. The molecular weight excluding hydrogens is 152 g/mol. The highest BCUT2D eigenvalue weighted by atomic mass is 16.1. The van der Waals surface area contributed by atoms with E-state index in [0.717, 1.165) is 25.0 Å². The van der Waals surface area contributed by atoms with E-state index >= 15 is 0 Å². The minimum absolute atomic E-state index is 0.338. The molecule has 12 heavy (non-hydrogen) atoms. The molecule has 0 bridgehead atoms. The van der Waals surface area contributed by atoms with Crippen LogP contribution in [0.3, 0.4) is 0 Å². The Labute approximate surface area is 74.0 Å². The number of hydrogen-bond acceptors (Lipinski definition) is 2. The summed E-state index contributed by atoms with van der Waals surface area (Å²) in [5.41, 5.74) is 6.75. The van der Waals surface area contributed by atoms with Gasteiger partial charge in [0, 0.05) is 18.3 Å². The van der Waals surface area contributed by atoms with E-state index in [4.69, 9.17) is 5.73 Å². The lowest BCUT2D eigenvalue weighted by atomic mass is 10.1. The highest BCUT2D eigenvalue weighted by Gasteiger charge is 2.04. The van der Waals surface area contributed by atoms with Gasteiger partial charge in [0.05, 0.1) is 0 Å². The second-order valence-electron chi connectivity index (χ2n) is 2.82. The van der Waals surface area contributed by atoms with Gasteiger partial charge in [-0.2, -0.15) is 0 Å². The first kappa shape index (κ1) is 11.0. The van der Waals surface area contributed by atoms with Crippen LogP contribution in [0.4, 0.5) is 0 Å².